The van der Waals surface area contributed by atoms with Gasteiger partial charge in [0.2, 0.25) is 0 Å². The second kappa shape index (κ2) is 6.45. The zero-order valence-corrected chi connectivity index (χ0v) is 11.4. The van der Waals surface area contributed by atoms with Gasteiger partial charge in [-0.15, -0.1) is 0 Å². The topological polar surface area (TPSA) is 61.5 Å². The van der Waals surface area contributed by atoms with Crippen molar-refractivity contribution < 1.29 is 14.3 Å². The van der Waals surface area contributed by atoms with Gasteiger partial charge < -0.3 is 15.2 Å². The van der Waals surface area contributed by atoms with E-state index in [2.05, 4.69) is 0 Å². The zero-order valence-electron chi connectivity index (χ0n) is 11.4. The monoisotopic (exact) mass is 263 g/mol. The molecule has 0 aliphatic heterocycles. The molecule has 0 saturated heterocycles. The van der Waals surface area contributed by atoms with Crippen LogP contribution in [0.1, 0.15) is 48.9 Å². The van der Waals surface area contributed by atoms with E-state index in [1.165, 1.54) is 20.0 Å². The van der Waals surface area contributed by atoms with Crippen molar-refractivity contribution >= 4 is 11.7 Å². The highest BCUT2D eigenvalue weighted by molar-refractivity contribution is 5.94. The minimum atomic E-state index is -0.337. The fraction of sp³-hybridized carbons (Fsp3) is 0.533. The molecule has 0 bridgehead atoms. The molecule has 1 fully saturated rings. The number of hydrogen-bond donors (Lipinski definition) is 1. The van der Waals surface area contributed by atoms with Crippen LogP contribution in [-0.2, 0) is 4.74 Å². The van der Waals surface area contributed by atoms with Crippen molar-refractivity contribution in [1.82, 2.24) is 0 Å². The summed E-state index contributed by atoms with van der Waals surface area (Å²) in [6.45, 7) is 0. The Bertz CT molecular complexity index is 437. The zero-order chi connectivity index (χ0) is 13.7. The van der Waals surface area contributed by atoms with Gasteiger partial charge in [0.25, 0.3) is 0 Å². The molecule has 0 unspecified atom stereocenters. The molecule has 0 amide bonds. The van der Waals surface area contributed by atoms with Gasteiger partial charge in [-0.3, -0.25) is 0 Å². The van der Waals surface area contributed by atoms with E-state index in [9.17, 15) is 4.79 Å². The van der Waals surface area contributed by atoms with Crippen molar-refractivity contribution in [2.75, 3.05) is 12.8 Å². The van der Waals surface area contributed by atoms with Crippen LogP contribution >= 0.6 is 0 Å². The maximum Gasteiger partial charge on any atom is 0.342 e. The quantitative estimate of drug-likeness (QED) is 0.517. The number of carbonyl (C=O) groups is 1. The average molecular weight is 263 g/mol. The third-order valence-corrected chi connectivity index (χ3v) is 3.55. The number of rotatable bonds is 3. The highest BCUT2D eigenvalue weighted by Crippen LogP contribution is 2.28. The Morgan fingerprint density at radius 2 is 1.89 bits per heavy atom. The summed E-state index contributed by atoms with van der Waals surface area (Å²) in [5.74, 6) is 0.0668. The molecule has 0 atom stereocenters. The Morgan fingerprint density at radius 3 is 2.53 bits per heavy atom. The summed E-state index contributed by atoms with van der Waals surface area (Å²) in [7, 11) is 1.51. The van der Waals surface area contributed by atoms with Gasteiger partial charge in [-0.1, -0.05) is 18.9 Å². The van der Waals surface area contributed by atoms with Crippen LogP contribution in [0.3, 0.4) is 0 Å². The number of nitrogen functional groups attached to an aromatic ring is 1. The molecule has 1 aliphatic rings. The highest BCUT2D eigenvalue weighted by atomic mass is 16.5. The lowest BCUT2D eigenvalue weighted by Crippen LogP contribution is -2.18. The van der Waals surface area contributed by atoms with Gasteiger partial charge in [-0.25, -0.2) is 4.79 Å². The fourth-order valence-electron chi connectivity index (χ4n) is 2.52. The minimum Gasteiger partial charge on any atom is -0.494 e. The molecule has 0 spiro atoms. The van der Waals surface area contributed by atoms with Gasteiger partial charge in [0.1, 0.15) is 11.7 Å². The predicted octanol–water partition coefficient (Wildman–Crippen LogP) is 3.16. The normalized spacial score (nSPS) is 16.7. The lowest BCUT2D eigenvalue weighted by Gasteiger charge is -2.17. The van der Waals surface area contributed by atoms with Gasteiger partial charge in [0, 0.05) is 0 Å². The van der Waals surface area contributed by atoms with E-state index in [0.717, 1.165) is 25.7 Å². The van der Waals surface area contributed by atoms with Crippen molar-refractivity contribution in [2.24, 2.45) is 0 Å². The van der Waals surface area contributed by atoms with E-state index in [1.807, 2.05) is 0 Å². The molecule has 2 rings (SSSR count). The van der Waals surface area contributed by atoms with E-state index in [0.29, 0.717) is 17.0 Å². The molecule has 2 N–H and O–H groups in total. The maximum atomic E-state index is 12.2. The smallest absolute Gasteiger partial charge is 0.342 e. The van der Waals surface area contributed by atoms with Crippen molar-refractivity contribution in [3.05, 3.63) is 23.8 Å². The summed E-state index contributed by atoms with van der Waals surface area (Å²) in [6.07, 6.45) is 6.66. The van der Waals surface area contributed by atoms with E-state index >= 15 is 0 Å². The largest absolute Gasteiger partial charge is 0.494 e. The summed E-state index contributed by atoms with van der Waals surface area (Å²) < 4.78 is 10.8. The van der Waals surface area contributed by atoms with E-state index < -0.39 is 0 Å². The molecule has 1 saturated carbocycles. The molecular weight excluding hydrogens is 242 g/mol. The van der Waals surface area contributed by atoms with Crippen LogP contribution in [0.2, 0.25) is 0 Å². The summed E-state index contributed by atoms with van der Waals surface area (Å²) in [6, 6.07) is 5.14. The molecule has 1 aliphatic carbocycles. The van der Waals surface area contributed by atoms with Gasteiger partial charge in [0.15, 0.2) is 5.75 Å². The first-order chi connectivity index (χ1) is 9.22. The first-order valence-electron chi connectivity index (χ1n) is 6.86. The Morgan fingerprint density at radius 1 is 1.21 bits per heavy atom. The lowest BCUT2D eigenvalue weighted by molar-refractivity contribution is 0.0264. The van der Waals surface area contributed by atoms with Crippen molar-refractivity contribution in [3.63, 3.8) is 0 Å². The number of benzene rings is 1. The number of ether oxygens (including phenoxy) is 2. The second-order valence-electron chi connectivity index (χ2n) is 4.95. The van der Waals surface area contributed by atoms with Crippen LogP contribution < -0.4 is 10.5 Å². The number of nitrogens with two attached hydrogens (primary N) is 1. The van der Waals surface area contributed by atoms with Crippen LogP contribution in [0, 0.1) is 0 Å². The number of anilines is 1. The molecule has 1 aromatic carbocycles. The van der Waals surface area contributed by atoms with E-state index in [4.69, 9.17) is 15.2 Å². The minimum absolute atomic E-state index is 0.0288. The first kappa shape index (κ1) is 13.7. The number of para-hydroxylation sites is 1. The number of esters is 1. The third kappa shape index (κ3) is 3.40. The lowest BCUT2D eigenvalue weighted by atomic mass is 10.1. The SMILES string of the molecule is COc1c(N)cccc1C(=O)OC1CCCCCC1. The summed E-state index contributed by atoms with van der Waals surface area (Å²) in [5.41, 5.74) is 6.66. The Hall–Kier alpha value is -1.71. The first-order valence-corrected chi connectivity index (χ1v) is 6.86. The third-order valence-electron chi connectivity index (χ3n) is 3.55. The van der Waals surface area contributed by atoms with Gasteiger partial charge in [-0.05, 0) is 37.8 Å². The molecule has 1 aromatic rings. The van der Waals surface area contributed by atoms with Crippen LogP contribution in [-0.4, -0.2) is 19.2 Å². The second-order valence-corrected chi connectivity index (χ2v) is 4.95. The molecular formula is C15H21NO3. The molecule has 4 nitrogen and oxygen atoms in total. The molecule has 0 aromatic heterocycles. The van der Waals surface area contributed by atoms with Gasteiger partial charge in [-0.2, -0.15) is 0 Å². The maximum absolute atomic E-state index is 12.2. The van der Waals surface area contributed by atoms with Crippen LogP contribution in [0.15, 0.2) is 18.2 Å². The standard InChI is InChI=1S/C15H21NO3/c1-18-14-12(9-6-10-13(14)16)15(17)19-11-7-4-2-3-5-8-11/h6,9-11H,2-5,7-8,16H2,1H3. The van der Waals surface area contributed by atoms with Crippen molar-refractivity contribution in [3.8, 4) is 5.75 Å². The number of hydrogen-bond acceptors (Lipinski definition) is 4. The molecule has 104 valence electrons. The Balaban J connectivity index is 2.09. The molecule has 0 radical (unpaired) electrons. The van der Waals surface area contributed by atoms with Crippen molar-refractivity contribution in [1.29, 1.82) is 0 Å². The molecule has 19 heavy (non-hydrogen) atoms. The van der Waals surface area contributed by atoms with Crippen LogP contribution in [0.4, 0.5) is 5.69 Å². The number of carbonyl (C=O) groups excluding carboxylic acids is 1. The fourth-order valence-corrected chi connectivity index (χ4v) is 2.52. The summed E-state index contributed by atoms with van der Waals surface area (Å²) in [4.78, 5) is 12.2. The molecule has 0 heterocycles. The van der Waals surface area contributed by atoms with Crippen LogP contribution in [0.5, 0.6) is 5.75 Å². The van der Waals surface area contributed by atoms with Gasteiger partial charge >= 0.3 is 5.97 Å². The van der Waals surface area contributed by atoms with E-state index in [-0.39, 0.29) is 12.1 Å². The highest BCUT2D eigenvalue weighted by Gasteiger charge is 2.21. The predicted molar refractivity (Wildman–Crippen MR) is 74.3 cm³/mol. The van der Waals surface area contributed by atoms with Crippen LogP contribution in [0.25, 0.3) is 0 Å². The van der Waals surface area contributed by atoms with E-state index in [1.54, 1.807) is 18.2 Å². The molecule has 4 heteroatoms. The Kier molecular flexibility index (Phi) is 4.66. The average Bonchev–Trinajstić information content (AvgIpc) is 2.67. The van der Waals surface area contributed by atoms with Gasteiger partial charge in [0.05, 0.1) is 12.8 Å². The summed E-state index contributed by atoms with van der Waals surface area (Å²) >= 11 is 0. The van der Waals surface area contributed by atoms with Crippen molar-refractivity contribution in [2.45, 2.75) is 44.6 Å². The Labute approximate surface area is 113 Å². The number of methoxy groups -OCH3 is 1. The summed E-state index contributed by atoms with van der Waals surface area (Å²) in [5, 5.41) is 0.